The van der Waals surface area contributed by atoms with Crippen molar-refractivity contribution >= 4 is 11.6 Å². The second-order valence-corrected chi connectivity index (χ2v) is 5.08. The Morgan fingerprint density at radius 3 is 2.52 bits per heavy atom. The van der Waals surface area contributed by atoms with Crippen LogP contribution in [0.15, 0.2) is 48.7 Å². The van der Waals surface area contributed by atoms with E-state index in [2.05, 4.69) is 15.3 Å². The number of aromatic amines is 1. The fourth-order valence-electron chi connectivity index (χ4n) is 2.22. The molecule has 0 spiro atoms. The first-order chi connectivity index (χ1) is 11.0. The largest absolute Gasteiger partial charge is 0.342 e. The second kappa shape index (κ2) is 6.00. The number of amides is 1. The number of anilines is 1. The van der Waals surface area contributed by atoms with Gasteiger partial charge in [0.15, 0.2) is 0 Å². The van der Waals surface area contributed by atoms with Gasteiger partial charge in [-0.3, -0.25) is 4.79 Å². The van der Waals surface area contributed by atoms with Crippen LogP contribution < -0.4 is 5.32 Å². The zero-order chi connectivity index (χ0) is 16.4. The lowest BCUT2D eigenvalue weighted by Gasteiger charge is -2.07. The van der Waals surface area contributed by atoms with Gasteiger partial charge in [-0.25, -0.2) is 13.8 Å². The van der Waals surface area contributed by atoms with E-state index in [1.807, 2.05) is 13.0 Å². The molecule has 0 unspecified atom stereocenters. The molecule has 1 heterocycles. The molecular formula is C17H13F2N3O. The van der Waals surface area contributed by atoms with E-state index in [0.29, 0.717) is 5.69 Å². The Morgan fingerprint density at radius 1 is 1.13 bits per heavy atom. The van der Waals surface area contributed by atoms with Crippen molar-refractivity contribution in [2.24, 2.45) is 0 Å². The number of halogens is 2. The smallest absolute Gasteiger partial charge is 0.255 e. The summed E-state index contributed by atoms with van der Waals surface area (Å²) >= 11 is 0. The second-order valence-electron chi connectivity index (χ2n) is 5.08. The maximum absolute atomic E-state index is 13.2. The van der Waals surface area contributed by atoms with E-state index >= 15 is 0 Å². The molecule has 0 aliphatic heterocycles. The Labute approximate surface area is 131 Å². The summed E-state index contributed by atoms with van der Waals surface area (Å²) in [6.07, 6.45) is 1.69. The van der Waals surface area contributed by atoms with Gasteiger partial charge in [0.05, 0.1) is 11.9 Å². The predicted octanol–water partition coefficient (Wildman–Crippen LogP) is 3.92. The number of nitrogens with one attached hydrogen (secondary N) is 2. The molecule has 0 saturated carbocycles. The molecule has 6 heteroatoms. The molecule has 23 heavy (non-hydrogen) atoms. The summed E-state index contributed by atoms with van der Waals surface area (Å²) < 4.78 is 26.4. The number of hydrogen-bond acceptors (Lipinski definition) is 2. The van der Waals surface area contributed by atoms with Gasteiger partial charge < -0.3 is 10.3 Å². The average Bonchev–Trinajstić information content (AvgIpc) is 2.93. The van der Waals surface area contributed by atoms with E-state index in [1.54, 1.807) is 24.4 Å². The lowest BCUT2D eigenvalue weighted by atomic mass is 10.1. The Hall–Kier alpha value is -3.02. The summed E-state index contributed by atoms with van der Waals surface area (Å²) in [5, 5.41) is 2.62. The fraction of sp³-hybridized carbons (Fsp3) is 0.0588. The molecule has 0 aliphatic rings. The van der Waals surface area contributed by atoms with E-state index < -0.39 is 17.5 Å². The van der Waals surface area contributed by atoms with Gasteiger partial charge in [-0.2, -0.15) is 0 Å². The highest BCUT2D eigenvalue weighted by Crippen LogP contribution is 2.21. The van der Waals surface area contributed by atoms with Crippen LogP contribution in [-0.4, -0.2) is 15.9 Å². The highest BCUT2D eigenvalue weighted by Gasteiger charge is 2.10. The Balaban J connectivity index is 1.84. The van der Waals surface area contributed by atoms with Crippen LogP contribution in [0.25, 0.3) is 11.3 Å². The Bertz CT molecular complexity index is 854. The highest BCUT2D eigenvalue weighted by atomic mass is 19.1. The van der Waals surface area contributed by atoms with Crippen molar-refractivity contribution in [3.05, 3.63) is 71.7 Å². The SMILES string of the molecule is Cc1ncc(-c2cccc(NC(=O)c3cc(F)cc(F)c3)c2)[nH]1. The van der Waals surface area contributed by atoms with Crippen LogP contribution in [0.4, 0.5) is 14.5 Å². The molecule has 3 rings (SSSR count). The lowest BCUT2D eigenvalue weighted by molar-refractivity contribution is 0.102. The molecule has 0 saturated heterocycles. The fourth-order valence-corrected chi connectivity index (χ4v) is 2.22. The number of carbonyl (C=O) groups is 1. The third-order valence-corrected chi connectivity index (χ3v) is 3.26. The van der Waals surface area contributed by atoms with Crippen LogP contribution >= 0.6 is 0 Å². The summed E-state index contributed by atoms with van der Waals surface area (Å²) in [7, 11) is 0. The molecule has 0 aliphatic carbocycles. The van der Waals surface area contributed by atoms with Gasteiger partial charge in [-0.05, 0) is 31.2 Å². The van der Waals surface area contributed by atoms with Gasteiger partial charge in [0, 0.05) is 22.9 Å². The van der Waals surface area contributed by atoms with Crippen molar-refractivity contribution < 1.29 is 13.6 Å². The molecule has 3 aromatic rings. The summed E-state index contributed by atoms with van der Waals surface area (Å²) in [5.74, 6) is -1.39. The van der Waals surface area contributed by atoms with Gasteiger partial charge in [-0.1, -0.05) is 12.1 Å². The van der Waals surface area contributed by atoms with Crippen LogP contribution in [0.5, 0.6) is 0 Å². The van der Waals surface area contributed by atoms with E-state index in [1.165, 1.54) is 0 Å². The molecule has 2 N–H and O–H groups in total. The molecule has 1 aromatic heterocycles. The Morgan fingerprint density at radius 2 is 1.87 bits per heavy atom. The van der Waals surface area contributed by atoms with E-state index in [-0.39, 0.29) is 5.56 Å². The molecule has 0 radical (unpaired) electrons. The van der Waals surface area contributed by atoms with Crippen LogP contribution in [-0.2, 0) is 0 Å². The highest BCUT2D eigenvalue weighted by molar-refractivity contribution is 6.04. The average molecular weight is 313 g/mol. The first kappa shape index (κ1) is 14.9. The number of aromatic nitrogens is 2. The number of rotatable bonds is 3. The van der Waals surface area contributed by atoms with Crippen LogP contribution in [0, 0.1) is 18.6 Å². The molecule has 0 fully saturated rings. The first-order valence-corrected chi connectivity index (χ1v) is 6.91. The number of benzene rings is 2. The molecule has 4 nitrogen and oxygen atoms in total. The van der Waals surface area contributed by atoms with Crippen LogP contribution in [0.3, 0.4) is 0 Å². The summed E-state index contributed by atoms with van der Waals surface area (Å²) in [6, 6.07) is 9.78. The summed E-state index contributed by atoms with van der Waals surface area (Å²) in [5.41, 5.74) is 2.10. The van der Waals surface area contributed by atoms with E-state index in [0.717, 1.165) is 35.3 Å². The van der Waals surface area contributed by atoms with Gasteiger partial charge in [0.25, 0.3) is 5.91 Å². The first-order valence-electron chi connectivity index (χ1n) is 6.91. The molecule has 1 amide bonds. The predicted molar refractivity (Wildman–Crippen MR) is 83.1 cm³/mol. The maximum Gasteiger partial charge on any atom is 0.255 e. The number of nitrogens with zero attached hydrogens (tertiary/aromatic N) is 1. The minimum absolute atomic E-state index is 0.0784. The standard InChI is InChI=1S/C17H13F2N3O/c1-10-20-9-16(21-10)11-3-2-4-15(7-11)22-17(23)12-5-13(18)8-14(19)6-12/h2-9H,1H3,(H,20,21)(H,22,23). The van der Waals surface area contributed by atoms with E-state index in [4.69, 9.17) is 0 Å². The Kier molecular flexibility index (Phi) is 3.89. The molecule has 2 aromatic carbocycles. The molecule has 0 bridgehead atoms. The van der Waals surface area contributed by atoms with Crippen molar-refractivity contribution in [1.82, 2.24) is 9.97 Å². The van der Waals surface area contributed by atoms with E-state index in [9.17, 15) is 13.6 Å². The zero-order valence-corrected chi connectivity index (χ0v) is 12.2. The zero-order valence-electron chi connectivity index (χ0n) is 12.2. The minimum Gasteiger partial charge on any atom is -0.342 e. The van der Waals surface area contributed by atoms with Crippen molar-refractivity contribution in [2.45, 2.75) is 6.92 Å². The number of aryl methyl sites for hydroxylation is 1. The monoisotopic (exact) mass is 313 g/mol. The summed E-state index contributed by atoms with van der Waals surface area (Å²) in [4.78, 5) is 19.3. The van der Waals surface area contributed by atoms with Crippen LogP contribution in [0.1, 0.15) is 16.2 Å². The third-order valence-electron chi connectivity index (χ3n) is 3.26. The number of carbonyl (C=O) groups excluding carboxylic acids is 1. The molecule has 0 atom stereocenters. The molecule has 116 valence electrons. The van der Waals surface area contributed by atoms with Crippen molar-refractivity contribution in [3.8, 4) is 11.3 Å². The minimum atomic E-state index is -0.795. The summed E-state index contributed by atoms with van der Waals surface area (Å²) in [6.45, 7) is 1.84. The van der Waals surface area contributed by atoms with Crippen molar-refractivity contribution in [2.75, 3.05) is 5.32 Å². The number of imidazole rings is 1. The van der Waals surface area contributed by atoms with Gasteiger partial charge in [0.1, 0.15) is 17.5 Å². The normalized spacial score (nSPS) is 10.6. The number of H-pyrrole nitrogens is 1. The van der Waals surface area contributed by atoms with Crippen molar-refractivity contribution in [1.29, 1.82) is 0 Å². The van der Waals surface area contributed by atoms with Crippen molar-refractivity contribution in [3.63, 3.8) is 0 Å². The van der Waals surface area contributed by atoms with Gasteiger partial charge >= 0.3 is 0 Å². The van der Waals surface area contributed by atoms with Gasteiger partial charge in [-0.15, -0.1) is 0 Å². The lowest BCUT2D eigenvalue weighted by Crippen LogP contribution is -2.12. The molecular weight excluding hydrogens is 300 g/mol. The van der Waals surface area contributed by atoms with Gasteiger partial charge in [0.2, 0.25) is 0 Å². The number of hydrogen-bond donors (Lipinski definition) is 2. The van der Waals surface area contributed by atoms with Crippen LogP contribution in [0.2, 0.25) is 0 Å². The maximum atomic E-state index is 13.2. The third kappa shape index (κ3) is 3.42. The topological polar surface area (TPSA) is 57.8 Å². The quantitative estimate of drug-likeness (QED) is 0.770.